The average molecular weight is 281 g/mol. The maximum absolute atomic E-state index is 12.2. The van der Waals surface area contributed by atoms with E-state index in [9.17, 15) is 4.79 Å². The average Bonchev–Trinajstić information content (AvgIpc) is 2.75. The fourth-order valence-corrected chi connectivity index (χ4v) is 3.38. The van der Waals surface area contributed by atoms with Crippen LogP contribution in [-0.4, -0.2) is 39.6 Å². The van der Waals surface area contributed by atoms with Gasteiger partial charge in [-0.2, -0.15) is 0 Å². The number of aromatic amines is 1. The first-order valence-electron chi connectivity index (χ1n) is 6.99. The van der Waals surface area contributed by atoms with Crippen molar-refractivity contribution in [2.45, 2.75) is 57.1 Å². The lowest BCUT2D eigenvalue weighted by Gasteiger charge is -2.31. The molecule has 1 aromatic heterocycles. The molecule has 19 heavy (non-hydrogen) atoms. The summed E-state index contributed by atoms with van der Waals surface area (Å²) in [4.78, 5) is 21.7. The first-order chi connectivity index (χ1) is 9.08. The quantitative estimate of drug-likeness (QED) is 0.863. The highest BCUT2D eigenvalue weighted by Gasteiger charge is 2.22. The normalized spacial score (nSPS) is 16.6. The first kappa shape index (κ1) is 14.4. The molecular weight excluding hydrogens is 258 g/mol. The van der Waals surface area contributed by atoms with Gasteiger partial charge in [-0.1, -0.05) is 31.0 Å². The van der Waals surface area contributed by atoms with Crippen LogP contribution >= 0.6 is 11.8 Å². The maximum Gasteiger partial charge on any atom is 0.233 e. The molecule has 1 saturated carbocycles. The first-order valence-corrected chi connectivity index (χ1v) is 7.98. The van der Waals surface area contributed by atoms with Crippen molar-refractivity contribution in [3.8, 4) is 0 Å². The highest BCUT2D eigenvalue weighted by atomic mass is 32.2. The highest BCUT2D eigenvalue weighted by molar-refractivity contribution is 7.99. The number of imidazole rings is 1. The molecule has 5 heteroatoms. The van der Waals surface area contributed by atoms with Gasteiger partial charge < -0.3 is 9.88 Å². The second-order valence-corrected chi connectivity index (χ2v) is 6.30. The van der Waals surface area contributed by atoms with E-state index in [-0.39, 0.29) is 5.91 Å². The third kappa shape index (κ3) is 3.75. The van der Waals surface area contributed by atoms with E-state index >= 15 is 0 Å². The fraction of sp³-hybridized carbons (Fsp3) is 0.714. The molecule has 0 aliphatic heterocycles. The van der Waals surface area contributed by atoms with E-state index in [2.05, 4.69) is 9.97 Å². The Balaban J connectivity index is 1.83. The van der Waals surface area contributed by atoms with Crippen molar-refractivity contribution < 1.29 is 4.79 Å². The van der Waals surface area contributed by atoms with Gasteiger partial charge in [0.1, 0.15) is 0 Å². The van der Waals surface area contributed by atoms with Gasteiger partial charge in [-0.15, -0.1) is 0 Å². The second-order valence-electron chi connectivity index (χ2n) is 5.34. The molecule has 0 spiro atoms. The fourth-order valence-electron chi connectivity index (χ4n) is 2.49. The lowest BCUT2D eigenvalue weighted by molar-refractivity contribution is -0.129. The zero-order valence-corrected chi connectivity index (χ0v) is 12.8. The van der Waals surface area contributed by atoms with Crippen LogP contribution in [0.25, 0.3) is 0 Å². The van der Waals surface area contributed by atoms with Gasteiger partial charge in [-0.25, -0.2) is 4.98 Å². The summed E-state index contributed by atoms with van der Waals surface area (Å²) in [6.07, 6.45) is 6.15. The number of aromatic nitrogens is 2. The number of carbonyl (C=O) groups excluding carboxylic acids is 1. The minimum absolute atomic E-state index is 0.212. The number of aryl methyl sites for hydroxylation is 2. The largest absolute Gasteiger partial charge is 0.342 e. The molecule has 1 amide bonds. The molecule has 106 valence electrons. The predicted octanol–water partition coefficient (Wildman–Crippen LogP) is 2.91. The molecule has 2 rings (SSSR count). The number of thioether (sulfide) groups is 1. The van der Waals surface area contributed by atoms with Gasteiger partial charge in [0, 0.05) is 18.8 Å². The molecule has 1 aliphatic rings. The molecule has 1 heterocycles. The predicted molar refractivity (Wildman–Crippen MR) is 78.4 cm³/mol. The summed E-state index contributed by atoms with van der Waals surface area (Å²) in [5.74, 6) is 0.683. The van der Waals surface area contributed by atoms with Crippen molar-refractivity contribution in [1.82, 2.24) is 14.9 Å². The number of nitrogens with one attached hydrogen (secondary N) is 1. The number of H-pyrrole nitrogens is 1. The summed E-state index contributed by atoms with van der Waals surface area (Å²) >= 11 is 1.50. The van der Waals surface area contributed by atoms with Crippen molar-refractivity contribution in [1.29, 1.82) is 0 Å². The Labute approximate surface area is 119 Å². The van der Waals surface area contributed by atoms with Crippen LogP contribution in [0.3, 0.4) is 0 Å². The monoisotopic (exact) mass is 281 g/mol. The summed E-state index contributed by atoms with van der Waals surface area (Å²) in [6, 6.07) is 0.446. The van der Waals surface area contributed by atoms with E-state index in [4.69, 9.17) is 0 Å². The van der Waals surface area contributed by atoms with Crippen LogP contribution in [0.5, 0.6) is 0 Å². The van der Waals surface area contributed by atoms with Gasteiger partial charge in [-0.05, 0) is 26.7 Å². The van der Waals surface area contributed by atoms with Crippen LogP contribution in [0.4, 0.5) is 0 Å². The van der Waals surface area contributed by atoms with Gasteiger partial charge in [0.15, 0.2) is 5.16 Å². The van der Waals surface area contributed by atoms with Crippen molar-refractivity contribution in [3.05, 3.63) is 11.4 Å². The standard InChI is InChI=1S/C14H23N3OS/c1-10-11(2)16-14(15-10)19-9-13(18)17(3)12-7-5-4-6-8-12/h12H,4-9H2,1-3H3,(H,15,16). The Kier molecular flexibility index (Phi) is 4.91. The highest BCUT2D eigenvalue weighted by Crippen LogP contribution is 2.23. The molecule has 1 fully saturated rings. The van der Waals surface area contributed by atoms with Gasteiger partial charge in [0.2, 0.25) is 5.91 Å². The van der Waals surface area contributed by atoms with Crippen molar-refractivity contribution >= 4 is 17.7 Å². The molecule has 0 aromatic carbocycles. The Morgan fingerprint density at radius 1 is 1.37 bits per heavy atom. The Morgan fingerprint density at radius 3 is 2.63 bits per heavy atom. The molecule has 1 aliphatic carbocycles. The Bertz CT molecular complexity index is 418. The summed E-state index contributed by atoms with van der Waals surface area (Å²) in [5, 5.41) is 0.848. The van der Waals surface area contributed by atoms with E-state index in [1.807, 2.05) is 25.8 Å². The third-order valence-electron chi connectivity index (χ3n) is 3.95. The summed E-state index contributed by atoms with van der Waals surface area (Å²) in [5.41, 5.74) is 2.09. The molecule has 0 radical (unpaired) electrons. The summed E-state index contributed by atoms with van der Waals surface area (Å²) in [6.45, 7) is 3.98. The topological polar surface area (TPSA) is 49.0 Å². The van der Waals surface area contributed by atoms with Crippen LogP contribution in [0, 0.1) is 13.8 Å². The molecule has 0 atom stereocenters. The maximum atomic E-state index is 12.2. The van der Waals surface area contributed by atoms with E-state index in [1.165, 1.54) is 31.0 Å². The van der Waals surface area contributed by atoms with Crippen molar-refractivity contribution in [3.63, 3.8) is 0 Å². The minimum atomic E-state index is 0.212. The van der Waals surface area contributed by atoms with Crippen LogP contribution in [0.15, 0.2) is 5.16 Å². The van der Waals surface area contributed by atoms with Gasteiger partial charge in [-0.3, -0.25) is 4.79 Å². The molecule has 1 N–H and O–H groups in total. The van der Waals surface area contributed by atoms with Gasteiger partial charge >= 0.3 is 0 Å². The number of hydrogen-bond acceptors (Lipinski definition) is 3. The van der Waals surface area contributed by atoms with Crippen molar-refractivity contribution in [2.75, 3.05) is 12.8 Å². The minimum Gasteiger partial charge on any atom is -0.342 e. The molecule has 1 aromatic rings. The van der Waals surface area contributed by atoms with E-state index < -0.39 is 0 Å². The number of hydrogen-bond donors (Lipinski definition) is 1. The summed E-state index contributed by atoms with van der Waals surface area (Å²) in [7, 11) is 1.94. The van der Waals surface area contributed by atoms with Gasteiger partial charge in [0.25, 0.3) is 0 Å². The van der Waals surface area contributed by atoms with E-state index in [0.29, 0.717) is 11.8 Å². The van der Waals surface area contributed by atoms with Crippen LogP contribution in [0.1, 0.15) is 43.5 Å². The lowest BCUT2D eigenvalue weighted by atomic mass is 9.94. The zero-order valence-electron chi connectivity index (χ0n) is 12.0. The third-order valence-corrected chi connectivity index (χ3v) is 4.81. The van der Waals surface area contributed by atoms with E-state index in [0.717, 1.165) is 29.4 Å². The van der Waals surface area contributed by atoms with E-state index in [1.54, 1.807) is 0 Å². The lowest BCUT2D eigenvalue weighted by Crippen LogP contribution is -2.39. The zero-order chi connectivity index (χ0) is 13.8. The van der Waals surface area contributed by atoms with Crippen molar-refractivity contribution in [2.24, 2.45) is 0 Å². The van der Waals surface area contributed by atoms with Gasteiger partial charge in [0.05, 0.1) is 11.4 Å². The van der Waals surface area contributed by atoms with Crippen LogP contribution in [-0.2, 0) is 4.79 Å². The number of carbonyl (C=O) groups is 1. The molecule has 0 unspecified atom stereocenters. The van der Waals surface area contributed by atoms with Crippen LogP contribution < -0.4 is 0 Å². The molecule has 4 nitrogen and oxygen atoms in total. The SMILES string of the molecule is Cc1nc(SCC(=O)N(C)C2CCCCC2)[nH]c1C. The smallest absolute Gasteiger partial charge is 0.233 e. The number of nitrogens with zero attached hydrogens (tertiary/aromatic N) is 2. The molecular formula is C14H23N3OS. The Morgan fingerprint density at radius 2 is 2.05 bits per heavy atom. The Hall–Kier alpha value is -0.970. The number of amides is 1. The number of rotatable bonds is 4. The summed E-state index contributed by atoms with van der Waals surface area (Å²) < 4.78 is 0. The van der Waals surface area contributed by atoms with Crippen LogP contribution in [0.2, 0.25) is 0 Å². The second kappa shape index (κ2) is 6.46. The molecule has 0 saturated heterocycles. The molecule has 0 bridgehead atoms.